The molecule has 0 saturated heterocycles. The number of hydroxylamine groups is 4. The highest BCUT2D eigenvalue weighted by Gasteiger charge is 2.28. The molecule has 0 aromatic heterocycles. The molecule has 0 saturated carbocycles. The number of rotatable bonds is 8. The Morgan fingerprint density at radius 3 is 2.33 bits per heavy atom. The standard InChI is InChI=1S/C10H19NO6S/c1-9(2)10(12)17-11(3,16-4)7-5-6-8-18(13,14)15/h1,5-8H2,2-4H3. The van der Waals surface area contributed by atoms with E-state index in [9.17, 15) is 17.8 Å². The van der Waals surface area contributed by atoms with Gasteiger partial charge >= 0.3 is 5.97 Å². The molecule has 1 unspecified atom stereocenters. The summed E-state index contributed by atoms with van der Waals surface area (Å²) in [6, 6.07) is 0. The Morgan fingerprint density at radius 1 is 1.39 bits per heavy atom. The third-order valence-corrected chi connectivity index (χ3v) is 3.01. The minimum Gasteiger partial charge on any atom is -0.748 e. The Bertz CT molecular complexity index is 405. The molecule has 0 aliphatic heterocycles. The Balaban J connectivity index is 4.24. The summed E-state index contributed by atoms with van der Waals surface area (Å²) >= 11 is 0. The molecule has 0 fully saturated rings. The van der Waals surface area contributed by atoms with E-state index in [0.717, 1.165) is 0 Å². The normalized spacial score (nSPS) is 14.9. The van der Waals surface area contributed by atoms with Crippen molar-refractivity contribution < 1.29 is 32.2 Å². The highest BCUT2D eigenvalue weighted by Crippen LogP contribution is 2.10. The molecular weight excluding hydrogens is 262 g/mol. The molecule has 0 radical (unpaired) electrons. The average Bonchev–Trinajstić information content (AvgIpc) is 2.23. The van der Waals surface area contributed by atoms with Crippen LogP contribution in [0.2, 0.25) is 0 Å². The molecule has 0 amide bonds. The first kappa shape index (κ1) is 17.0. The number of nitrogens with zero attached hydrogens (tertiary/aromatic N) is 1. The summed E-state index contributed by atoms with van der Waals surface area (Å²) in [7, 11) is -1.34. The van der Waals surface area contributed by atoms with Crippen molar-refractivity contribution in [2.45, 2.75) is 19.8 Å². The van der Waals surface area contributed by atoms with Gasteiger partial charge in [-0.25, -0.2) is 18.0 Å². The summed E-state index contributed by atoms with van der Waals surface area (Å²) in [4.78, 5) is 20.9. The maximum absolute atomic E-state index is 11.3. The van der Waals surface area contributed by atoms with Crippen molar-refractivity contribution in [3.63, 3.8) is 0 Å². The fourth-order valence-corrected chi connectivity index (χ4v) is 1.66. The third-order valence-electron chi connectivity index (χ3n) is 2.22. The maximum atomic E-state index is 11.3. The van der Waals surface area contributed by atoms with Crippen molar-refractivity contribution >= 4 is 16.1 Å². The van der Waals surface area contributed by atoms with Crippen molar-refractivity contribution in [3.8, 4) is 0 Å². The molecule has 0 aromatic carbocycles. The largest absolute Gasteiger partial charge is 0.748 e. The molecule has 0 N–H and O–H groups in total. The topological polar surface area (TPSA) is 92.7 Å². The first-order valence-corrected chi connectivity index (χ1v) is 6.91. The van der Waals surface area contributed by atoms with Gasteiger partial charge in [-0.05, 0) is 13.3 Å². The summed E-state index contributed by atoms with van der Waals surface area (Å²) in [5.41, 5.74) is 0.235. The van der Waals surface area contributed by atoms with Gasteiger partial charge in [0.25, 0.3) is 0 Å². The van der Waals surface area contributed by atoms with Crippen molar-refractivity contribution in [2.75, 3.05) is 26.5 Å². The summed E-state index contributed by atoms with van der Waals surface area (Å²) in [5.74, 6) is -1.04. The van der Waals surface area contributed by atoms with E-state index in [4.69, 9.17) is 9.68 Å². The highest BCUT2D eigenvalue weighted by atomic mass is 32.2. The van der Waals surface area contributed by atoms with Crippen LogP contribution in [0.5, 0.6) is 0 Å². The van der Waals surface area contributed by atoms with Crippen molar-refractivity contribution in [3.05, 3.63) is 12.2 Å². The molecule has 0 aliphatic rings. The first-order valence-electron chi connectivity index (χ1n) is 5.34. The Hall–Kier alpha value is -0.960. The minimum absolute atomic E-state index is 0.188. The molecule has 106 valence electrons. The van der Waals surface area contributed by atoms with Gasteiger partial charge in [0.15, 0.2) is 6.54 Å². The smallest absolute Gasteiger partial charge is 0.397 e. The van der Waals surface area contributed by atoms with Crippen molar-refractivity contribution in [1.29, 1.82) is 0 Å². The fraction of sp³-hybridized carbons (Fsp3) is 0.700. The van der Waals surface area contributed by atoms with Gasteiger partial charge in [0, 0.05) is 22.6 Å². The molecule has 0 aliphatic carbocycles. The van der Waals surface area contributed by atoms with Crippen LogP contribution in [0, 0.1) is 0 Å². The van der Waals surface area contributed by atoms with Crippen LogP contribution in [0.25, 0.3) is 0 Å². The zero-order valence-corrected chi connectivity index (χ0v) is 11.7. The van der Waals surface area contributed by atoms with Gasteiger partial charge in [-0.2, -0.15) is 4.84 Å². The number of hydrogen-bond donors (Lipinski definition) is 0. The zero-order valence-electron chi connectivity index (χ0n) is 10.8. The van der Waals surface area contributed by atoms with Crippen molar-refractivity contribution in [1.82, 2.24) is 0 Å². The highest BCUT2D eigenvalue weighted by molar-refractivity contribution is 7.85. The quantitative estimate of drug-likeness (QED) is 0.210. The summed E-state index contributed by atoms with van der Waals surface area (Å²) < 4.78 is 31.2. The average molecular weight is 281 g/mol. The van der Waals surface area contributed by atoms with E-state index >= 15 is 0 Å². The number of unbranched alkanes of at least 4 members (excludes halogenated alkanes) is 1. The van der Waals surface area contributed by atoms with Crippen LogP contribution in [0.3, 0.4) is 0 Å². The lowest BCUT2D eigenvalue weighted by Gasteiger charge is -2.26. The minimum atomic E-state index is -4.20. The van der Waals surface area contributed by atoms with Crippen LogP contribution in [0.1, 0.15) is 19.8 Å². The van der Waals surface area contributed by atoms with Gasteiger partial charge in [0.1, 0.15) is 14.2 Å². The number of carbonyl (C=O) groups is 1. The Labute approximate surface area is 107 Å². The summed E-state index contributed by atoms with van der Waals surface area (Å²) in [5, 5.41) is 0. The van der Waals surface area contributed by atoms with Crippen LogP contribution in [0.15, 0.2) is 12.2 Å². The molecule has 18 heavy (non-hydrogen) atoms. The number of hydrogen-bond acceptors (Lipinski definition) is 6. The van der Waals surface area contributed by atoms with Gasteiger partial charge < -0.3 is 4.55 Å². The monoisotopic (exact) mass is 281 g/mol. The molecule has 0 rings (SSSR count). The van der Waals surface area contributed by atoms with E-state index in [1.54, 1.807) is 0 Å². The SMILES string of the molecule is C=C(C)C(=O)O[N+](C)(CCCCS(=O)(=O)[O-])OC. The number of carbonyl (C=O) groups excluding carboxylic acids is 1. The molecule has 0 aromatic rings. The summed E-state index contributed by atoms with van der Waals surface area (Å²) in [6.45, 7) is 5.19. The van der Waals surface area contributed by atoms with E-state index in [2.05, 4.69) is 6.58 Å². The molecule has 0 spiro atoms. The molecule has 1 atom stereocenters. The van der Waals surface area contributed by atoms with E-state index < -0.39 is 26.6 Å². The number of quaternary nitrogens is 1. The van der Waals surface area contributed by atoms with Crippen LogP contribution in [-0.4, -0.2) is 50.2 Å². The predicted molar refractivity (Wildman–Crippen MR) is 62.8 cm³/mol. The second kappa shape index (κ2) is 6.83. The second-order valence-corrected chi connectivity index (χ2v) is 5.57. The third kappa shape index (κ3) is 7.38. The lowest BCUT2D eigenvalue weighted by Crippen LogP contribution is -2.45. The lowest BCUT2D eigenvalue weighted by molar-refractivity contribution is -1.22. The zero-order chi connectivity index (χ0) is 14.4. The van der Waals surface area contributed by atoms with E-state index in [1.165, 1.54) is 21.1 Å². The summed E-state index contributed by atoms with van der Waals surface area (Å²) in [6.07, 6.45) is 0.558. The van der Waals surface area contributed by atoms with Crippen LogP contribution in [0.4, 0.5) is 0 Å². The molecule has 7 nitrogen and oxygen atoms in total. The molecular formula is C10H19NO6S. The van der Waals surface area contributed by atoms with Gasteiger partial charge in [0.2, 0.25) is 0 Å². The molecule has 0 bridgehead atoms. The van der Waals surface area contributed by atoms with Gasteiger partial charge in [-0.15, -0.1) is 0 Å². The molecule has 8 heteroatoms. The van der Waals surface area contributed by atoms with E-state index in [1.807, 2.05) is 0 Å². The first-order chi connectivity index (χ1) is 8.09. The maximum Gasteiger partial charge on any atom is 0.397 e. The van der Waals surface area contributed by atoms with Gasteiger partial charge in [-0.3, -0.25) is 0 Å². The van der Waals surface area contributed by atoms with Crippen molar-refractivity contribution in [2.24, 2.45) is 0 Å². The van der Waals surface area contributed by atoms with E-state index in [-0.39, 0.29) is 18.5 Å². The molecule has 0 heterocycles. The lowest BCUT2D eigenvalue weighted by atomic mass is 10.3. The predicted octanol–water partition coefficient (Wildman–Crippen LogP) is 0.354. The Kier molecular flexibility index (Phi) is 6.47. The Morgan fingerprint density at radius 2 is 1.94 bits per heavy atom. The second-order valence-electron chi connectivity index (χ2n) is 4.05. The fourth-order valence-electron chi connectivity index (χ4n) is 1.11. The van der Waals surface area contributed by atoms with Gasteiger partial charge in [-0.1, -0.05) is 6.58 Å². The van der Waals surface area contributed by atoms with Crippen LogP contribution >= 0.6 is 0 Å². The van der Waals surface area contributed by atoms with Crippen LogP contribution < -0.4 is 0 Å². The van der Waals surface area contributed by atoms with E-state index in [0.29, 0.717) is 6.42 Å². The van der Waals surface area contributed by atoms with Gasteiger partial charge in [0.05, 0.1) is 10.1 Å². The van der Waals surface area contributed by atoms with Crippen LogP contribution in [-0.2, 0) is 24.6 Å².